The molecule has 0 saturated heterocycles. The van der Waals surface area contributed by atoms with E-state index in [9.17, 15) is 12.9 Å². The average molecular weight is 123 g/mol. The van der Waals surface area contributed by atoms with Crippen LogP contribution in [0, 0.1) is 0 Å². The third-order valence-electron chi connectivity index (χ3n) is 0.972. The molecule has 0 aromatic carbocycles. The first-order valence-electron chi connectivity index (χ1n) is 2.31. The van der Waals surface area contributed by atoms with Crippen molar-refractivity contribution in [1.82, 2.24) is 0 Å². The molecular formula is C4H7BF3-. The Balaban J connectivity index is 4.03. The summed E-state index contributed by atoms with van der Waals surface area (Å²) < 4.78 is 34.3. The Hall–Kier alpha value is -0.405. The van der Waals surface area contributed by atoms with Crippen molar-refractivity contribution in [3.63, 3.8) is 0 Å². The van der Waals surface area contributed by atoms with Gasteiger partial charge in [0.05, 0.1) is 0 Å². The van der Waals surface area contributed by atoms with Crippen LogP contribution in [0.5, 0.6) is 0 Å². The maximum atomic E-state index is 11.4. The molecule has 0 saturated carbocycles. The molecule has 8 heavy (non-hydrogen) atoms. The lowest BCUT2D eigenvalue weighted by molar-refractivity contribution is 0.490. The van der Waals surface area contributed by atoms with Gasteiger partial charge in [0.15, 0.2) is 0 Å². The van der Waals surface area contributed by atoms with Gasteiger partial charge in [0.25, 0.3) is 0 Å². The minimum absolute atomic E-state index is 0.481. The molecule has 0 fully saturated rings. The van der Waals surface area contributed by atoms with Gasteiger partial charge in [0, 0.05) is 0 Å². The van der Waals surface area contributed by atoms with E-state index >= 15 is 0 Å². The van der Waals surface area contributed by atoms with E-state index in [2.05, 4.69) is 0 Å². The minimum atomic E-state index is -4.70. The van der Waals surface area contributed by atoms with Gasteiger partial charge in [-0.1, -0.05) is 6.92 Å². The summed E-state index contributed by atoms with van der Waals surface area (Å²) in [6, 6.07) is 0. The summed E-state index contributed by atoms with van der Waals surface area (Å²) in [5, 5.41) is 0. The fourth-order valence-corrected chi connectivity index (χ4v) is 0.189. The molecule has 0 aliphatic heterocycles. The van der Waals surface area contributed by atoms with Gasteiger partial charge in [-0.05, 0) is 6.92 Å². The highest BCUT2D eigenvalue weighted by molar-refractivity contribution is 6.66. The maximum absolute atomic E-state index is 11.4. The molecule has 48 valence electrons. The standard InChI is InChI=1S/C4H7BF3/c1-3-4(2)5(6,7)8/h3H,1-2H3/q-1. The Morgan fingerprint density at radius 1 is 1.38 bits per heavy atom. The highest BCUT2D eigenvalue weighted by Crippen LogP contribution is 2.17. The van der Waals surface area contributed by atoms with E-state index in [-0.39, 0.29) is 0 Å². The summed E-state index contributed by atoms with van der Waals surface area (Å²) >= 11 is 0. The van der Waals surface area contributed by atoms with Gasteiger partial charge < -0.3 is 12.9 Å². The van der Waals surface area contributed by atoms with Crippen molar-refractivity contribution < 1.29 is 12.9 Å². The van der Waals surface area contributed by atoms with E-state index in [1.165, 1.54) is 6.92 Å². The molecule has 0 N–H and O–H groups in total. The molecule has 0 aliphatic rings. The van der Waals surface area contributed by atoms with Gasteiger partial charge in [-0.2, -0.15) is 0 Å². The lowest BCUT2D eigenvalue weighted by atomic mass is 9.81. The molecule has 0 radical (unpaired) electrons. The number of hydrogen-bond acceptors (Lipinski definition) is 0. The van der Waals surface area contributed by atoms with E-state index < -0.39 is 12.4 Å². The molecule has 0 atom stereocenters. The molecule has 0 bridgehead atoms. The summed E-state index contributed by atoms with van der Waals surface area (Å²) in [5.74, 6) is 0. The van der Waals surface area contributed by atoms with E-state index in [4.69, 9.17) is 0 Å². The van der Waals surface area contributed by atoms with Crippen LogP contribution in [0.15, 0.2) is 11.5 Å². The van der Waals surface area contributed by atoms with Crippen molar-refractivity contribution in [3.8, 4) is 0 Å². The minimum Gasteiger partial charge on any atom is -0.445 e. The molecule has 0 heterocycles. The summed E-state index contributed by atoms with van der Waals surface area (Å²) in [4.78, 5) is 0. The Kier molecular flexibility index (Phi) is 2.13. The van der Waals surface area contributed by atoms with Gasteiger partial charge in [0.1, 0.15) is 0 Å². The fourth-order valence-electron chi connectivity index (χ4n) is 0.189. The summed E-state index contributed by atoms with van der Waals surface area (Å²) in [6.07, 6.45) is 1.07. The maximum Gasteiger partial charge on any atom is 0.505 e. The third kappa shape index (κ3) is 2.05. The number of hydrogen-bond donors (Lipinski definition) is 0. The quantitative estimate of drug-likeness (QED) is 0.469. The van der Waals surface area contributed by atoms with Crippen LogP contribution in [0.4, 0.5) is 12.9 Å². The van der Waals surface area contributed by atoms with Gasteiger partial charge in [0.2, 0.25) is 0 Å². The van der Waals surface area contributed by atoms with Crippen molar-refractivity contribution in [2.45, 2.75) is 13.8 Å². The molecule has 0 rings (SSSR count). The largest absolute Gasteiger partial charge is 0.505 e. The number of halogens is 3. The first-order chi connectivity index (χ1) is 3.48. The van der Waals surface area contributed by atoms with Gasteiger partial charge >= 0.3 is 6.98 Å². The second-order valence-corrected chi connectivity index (χ2v) is 1.61. The monoisotopic (exact) mass is 123 g/mol. The molecule has 0 nitrogen and oxygen atoms in total. The average Bonchev–Trinajstić information content (AvgIpc) is 1.62. The van der Waals surface area contributed by atoms with Crippen LogP contribution in [0.1, 0.15) is 13.8 Å². The highest BCUT2D eigenvalue weighted by Gasteiger charge is 2.23. The second-order valence-electron chi connectivity index (χ2n) is 1.61. The molecule has 0 unspecified atom stereocenters. The lowest BCUT2D eigenvalue weighted by Gasteiger charge is -2.13. The van der Waals surface area contributed by atoms with Crippen LogP contribution in [-0.2, 0) is 0 Å². The topological polar surface area (TPSA) is 0 Å². The van der Waals surface area contributed by atoms with E-state index in [0.29, 0.717) is 0 Å². The number of rotatable bonds is 1. The van der Waals surface area contributed by atoms with Crippen molar-refractivity contribution in [2.24, 2.45) is 0 Å². The predicted molar refractivity (Wildman–Crippen MR) is 28.5 cm³/mol. The molecule has 4 heteroatoms. The smallest absolute Gasteiger partial charge is 0.445 e. The normalized spacial score (nSPS) is 14.4. The van der Waals surface area contributed by atoms with Crippen LogP contribution in [-0.4, -0.2) is 6.98 Å². The Bertz CT molecular complexity index is 102. The zero-order valence-corrected chi connectivity index (χ0v) is 4.79. The zero-order valence-electron chi connectivity index (χ0n) is 4.79. The van der Waals surface area contributed by atoms with Crippen LogP contribution in [0.25, 0.3) is 0 Å². The Morgan fingerprint density at radius 2 is 1.75 bits per heavy atom. The molecular weight excluding hydrogens is 116 g/mol. The lowest BCUT2D eigenvalue weighted by Crippen LogP contribution is -2.16. The summed E-state index contributed by atoms with van der Waals surface area (Å²) in [5.41, 5.74) is -0.481. The van der Waals surface area contributed by atoms with Crippen molar-refractivity contribution in [1.29, 1.82) is 0 Å². The number of allylic oxidation sites excluding steroid dienone is 2. The van der Waals surface area contributed by atoms with E-state index in [1.807, 2.05) is 0 Å². The highest BCUT2D eigenvalue weighted by atomic mass is 19.4. The molecule has 0 spiro atoms. The van der Waals surface area contributed by atoms with E-state index in [1.54, 1.807) is 0 Å². The van der Waals surface area contributed by atoms with Crippen LogP contribution in [0.2, 0.25) is 0 Å². The Morgan fingerprint density at radius 3 is 1.75 bits per heavy atom. The van der Waals surface area contributed by atoms with Crippen LogP contribution >= 0.6 is 0 Å². The fraction of sp³-hybridized carbons (Fsp3) is 0.500. The van der Waals surface area contributed by atoms with Gasteiger partial charge in [-0.15, -0.1) is 11.5 Å². The predicted octanol–water partition coefficient (Wildman–Crippen LogP) is 2.34. The van der Waals surface area contributed by atoms with Gasteiger partial charge in [-0.25, -0.2) is 0 Å². The summed E-state index contributed by atoms with van der Waals surface area (Å²) in [6.45, 7) is -2.25. The third-order valence-corrected chi connectivity index (χ3v) is 0.972. The molecule has 0 amide bonds. The second kappa shape index (κ2) is 2.24. The van der Waals surface area contributed by atoms with Crippen molar-refractivity contribution in [3.05, 3.63) is 11.5 Å². The van der Waals surface area contributed by atoms with Gasteiger partial charge in [-0.3, -0.25) is 0 Å². The first kappa shape index (κ1) is 7.59. The first-order valence-corrected chi connectivity index (χ1v) is 2.31. The zero-order chi connectivity index (χ0) is 6.78. The van der Waals surface area contributed by atoms with Crippen molar-refractivity contribution >= 4 is 6.98 Å². The summed E-state index contributed by atoms with van der Waals surface area (Å²) in [7, 11) is 0. The molecule has 0 aromatic rings. The van der Waals surface area contributed by atoms with Crippen LogP contribution < -0.4 is 0 Å². The molecule has 0 aromatic heterocycles. The SMILES string of the molecule is CC=C(C)[B-](F)(F)F. The van der Waals surface area contributed by atoms with Crippen LogP contribution in [0.3, 0.4) is 0 Å². The van der Waals surface area contributed by atoms with Crippen molar-refractivity contribution in [2.75, 3.05) is 0 Å². The Labute approximate surface area is 46.4 Å². The molecule has 0 aliphatic carbocycles. The van der Waals surface area contributed by atoms with E-state index in [0.717, 1.165) is 13.0 Å².